The topological polar surface area (TPSA) is 15.3 Å². The van der Waals surface area contributed by atoms with Crippen LogP contribution < -0.4 is 5.43 Å². The summed E-state index contributed by atoms with van der Waals surface area (Å²) >= 11 is 0. The first kappa shape index (κ1) is 8.92. The molecule has 1 atom stereocenters. The molecule has 0 fully saturated rings. The largest absolute Gasteiger partial charge is 0.258 e. The lowest BCUT2D eigenvalue weighted by Gasteiger charge is -2.22. The minimum Gasteiger partial charge on any atom is -0.258 e. The van der Waals surface area contributed by atoms with Gasteiger partial charge in [-0.05, 0) is 20.4 Å². The van der Waals surface area contributed by atoms with Crippen molar-refractivity contribution < 1.29 is 0 Å². The zero-order valence-corrected chi connectivity index (χ0v) is 6.94. The van der Waals surface area contributed by atoms with Crippen molar-refractivity contribution in [2.75, 3.05) is 14.1 Å². The van der Waals surface area contributed by atoms with E-state index in [9.17, 15) is 0 Å². The molecule has 0 heterocycles. The molecule has 0 saturated heterocycles. The van der Waals surface area contributed by atoms with Crippen molar-refractivity contribution in [1.29, 1.82) is 0 Å². The van der Waals surface area contributed by atoms with Crippen molar-refractivity contribution >= 4 is 0 Å². The van der Waals surface area contributed by atoms with E-state index >= 15 is 0 Å². The summed E-state index contributed by atoms with van der Waals surface area (Å²) in [5.74, 6) is 0. The van der Waals surface area contributed by atoms with Crippen LogP contribution in [0.15, 0.2) is 0 Å². The van der Waals surface area contributed by atoms with Crippen LogP contribution in [0.2, 0.25) is 0 Å². The fourth-order valence-electron chi connectivity index (χ4n) is 0.832. The van der Waals surface area contributed by atoms with Crippen LogP contribution in [-0.2, 0) is 0 Å². The molecule has 1 N–H and O–H groups in total. The van der Waals surface area contributed by atoms with Crippen molar-refractivity contribution in [1.82, 2.24) is 10.4 Å². The van der Waals surface area contributed by atoms with Gasteiger partial charge in [0.15, 0.2) is 0 Å². The standard InChI is InChI=1S/C7H18N2/c1-5-6-7(2)9(4)8-3/h7-8H,5-6H2,1-4H3. The molecule has 0 radical (unpaired) electrons. The summed E-state index contributed by atoms with van der Waals surface area (Å²) in [7, 11) is 4.02. The monoisotopic (exact) mass is 130 g/mol. The van der Waals surface area contributed by atoms with Crippen LogP contribution >= 0.6 is 0 Å². The molecular formula is C7H18N2. The SMILES string of the molecule is CCCC(C)N(C)NC. The van der Waals surface area contributed by atoms with Gasteiger partial charge in [0.2, 0.25) is 0 Å². The summed E-state index contributed by atoms with van der Waals surface area (Å²) in [5, 5.41) is 2.13. The molecule has 2 nitrogen and oxygen atoms in total. The Hall–Kier alpha value is -0.0800. The number of hydrazine groups is 1. The third-order valence-corrected chi connectivity index (χ3v) is 1.72. The Balaban J connectivity index is 3.32. The first-order chi connectivity index (χ1) is 4.22. The lowest BCUT2D eigenvalue weighted by atomic mass is 10.2. The molecule has 0 aliphatic heterocycles. The van der Waals surface area contributed by atoms with Gasteiger partial charge in [-0.25, -0.2) is 5.01 Å². The van der Waals surface area contributed by atoms with Gasteiger partial charge in [0.1, 0.15) is 0 Å². The van der Waals surface area contributed by atoms with E-state index < -0.39 is 0 Å². The summed E-state index contributed by atoms with van der Waals surface area (Å²) in [4.78, 5) is 0. The molecule has 0 aliphatic carbocycles. The Labute approximate surface area is 58.2 Å². The second kappa shape index (κ2) is 4.77. The average Bonchev–Trinajstić information content (AvgIpc) is 1.87. The highest BCUT2D eigenvalue weighted by Gasteiger charge is 2.03. The van der Waals surface area contributed by atoms with Crippen molar-refractivity contribution in [3.8, 4) is 0 Å². The maximum absolute atomic E-state index is 3.08. The molecule has 0 spiro atoms. The average molecular weight is 130 g/mol. The van der Waals surface area contributed by atoms with E-state index in [1.165, 1.54) is 12.8 Å². The van der Waals surface area contributed by atoms with Crippen molar-refractivity contribution in [3.05, 3.63) is 0 Å². The van der Waals surface area contributed by atoms with E-state index in [1.54, 1.807) is 0 Å². The van der Waals surface area contributed by atoms with E-state index in [2.05, 4.69) is 31.3 Å². The molecule has 0 aromatic rings. The summed E-state index contributed by atoms with van der Waals surface area (Å²) in [6.45, 7) is 4.43. The van der Waals surface area contributed by atoms with Crippen LogP contribution in [0.5, 0.6) is 0 Å². The highest BCUT2D eigenvalue weighted by atomic mass is 15.5. The molecule has 0 saturated carbocycles. The minimum absolute atomic E-state index is 0.653. The maximum Gasteiger partial charge on any atom is 0.0211 e. The number of nitrogens with one attached hydrogen (secondary N) is 1. The number of nitrogens with zero attached hydrogens (tertiary/aromatic N) is 1. The van der Waals surface area contributed by atoms with Crippen molar-refractivity contribution in [2.45, 2.75) is 32.7 Å². The van der Waals surface area contributed by atoms with Crippen molar-refractivity contribution in [3.63, 3.8) is 0 Å². The van der Waals surface area contributed by atoms with E-state index in [0.29, 0.717) is 6.04 Å². The lowest BCUT2D eigenvalue weighted by molar-refractivity contribution is 0.184. The van der Waals surface area contributed by atoms with Crippen LogP contribution in [0.4, 0.5) is 0 Å². The van der Waals surface area contributed by atoms with Gasteiger partial charge in [-0.1, -0.05) is 13.3 Å². The van der Waals surface area contributed by atoms with Gasteiger partial charge in [0.05, 0.1) is 0 Å². The van der Waals surface area contributed by atoms with Gasteiger partial charge < -0.3 is 0 Å². The first-order valence-electron chi connectivity index (χ1n) is 3.62. The van der Waals surface area contributed by atoms with Gasteiger partial charge in [-0.15, -0.1) is 0 Å². The Kier molecular flexibility index (Phi) is 4.72. The molecule has 9 heavy (non-hydrogen) atoms. The fourth-order valence-corrected chi connectivity index (χ4v) is 0.832. The Morgan fingerprint density at radius 2 is 2.11 bits per heavy atom. The number of hydrogen-bond donors (Lipinski definition) is 1. The third-order valence-electron chi connectivity index (χ3n) is 1.72. The van der Waals surface area contributed by atoms with Crippen LogP contribution in [-0.4, -0.2) is 25.1 Å². The molecule has 0 aromatic heterocycles. The molecule has 1 unspecified atom stereocenters. The lowest BCUT2D eigenvalue weighted by Crippen LogP contribution is -2.38. The molecule has 56 valence electrons. The Bertz CT molecular complexity index is 63.9. The molecular weight excluding hydrogens is 112 g/mol. The molecule has 0 aromatic carbocycles. The molecule has 0 aliphatic rings. The van der Waals surface area contributed by atoms with Gasteiger partial charge in [-0.2, -0.15) is 0 Å². The first-order valence-corrected chi connectivity index (χ1v) is 3.62. The van der Waals surface area contributed by atoms with Crippen molar-refractivity contribution in [2.24, 2.45) is 0 Å². The minimum atomic E-state index is 0.653. The van der Waals surface area contributed by atoms with Crippen LogP contribution in [0, 0.1) is 0 Å². The molecule has 0 amide bonds. The Morgan fingerprint density at radius 1 is 1.56 bits per heavy atom. The number of hydrogen-bond acceptors (Lipinski definition) is 2. The Morgan fingerprint density at radius 3 is 2.44 bits per heavy atom. The number of rotatable bonds is 4. The predicted molar refractivity (Wildman–Crippen MR) is 41.2 cm³/mol. The summed E-state index contributed by atoms with van der Waals surface area (Å²) in [6, 6.07) is 0.653. The van der Waals surface area contributed by atoms with Crippen LogP contribution in [0.25, 0.3) is 0 Å². The zero-order chi connectivity index (χ0) is 7.28. The normalized spacial score (nSPS) is 14.3. The van der Waals surface area contributed by atoms with Gasteiger partial charge in [0.25, 0.3) is 0 Å². The van der Waals surface area contributed by atoms with Gasteiger partial charge in [-0.3, -0.25) is 5.43 Å². The maximum atomic E-state index is 3.08. The third kappa shape index (κ3) is 3.49. The molecule has 0 bridgehead atoms. The predicted octanol–water partition coefficient (Wildman–Crippen LogP) is 1.24. The smallest absolute Gasteiger partial charge is 0.0211 e. The van der Waals surface area contributed by atoms with E-state index in [-0.39, 0.29) is 0 Å². The second-order valence-electron chi connectivity index (χ2n) is 2.47. The van der Waals surface area contributed by atoms with E-state index in [0.717, 1.165) is 0 Å². The van der Waals surface area contributed by atoms with Crippen LogP contribution in [0.1, 0.15) is 26.7 Å². The summed E-state index contributed by atoms with van der Waals surface area (Å²) in [5.41, 5.74) is 3.08. The van der Waals surface area contributed by atoms with Gasteiger partial charge in [0, 0.05) is 13.1 Å². The van der Waals surface area contributed by atoms with Crippen LogP contribution in [0.3, 0.4) is 0 Å². The zero-order valence-electron chi connectivity index (χ0n) is 6.94. The van der Waals surface area contributed by atoms with Gasteiger partial charge >= 0.3 is 0 Å². The quantitative estimate of drug-likeness (QED) is 0.576. The summed E-state index contributed by atoms with van der Waals surface area (Å²) in [6.07, 6.45) is 2.52. The summed E-state index contributed by atoms with van der Waals surface area (Å²) < 4.78 is 0. The highest BCUT2D eigenvalue weighted by molar-refractivity contribution is 4.56. The van der Waals surface area contributed by atoms with E-state index in [4.69, 9.17) is 0 Å². The fraction of sp³-hybridized carbons (Fsp3) is 1.00. The molecule has 0 rings (SSSR count). The second-order valence-corrected chi connectivity index (χ2v) is 2.47. The highest BCUT2D eigenvalue weighted by Crippen LogP contribution is 1.99. The van der Waals surface area contributed by atoms with E-state index in [1.807, 2.05) is 7.05 Å². The molecule has 2 heteroatoms.